The van der Waals surface area contributed by atoms with Crippen molar-refractivity contribution in [3.8, 4) is 0 Å². The van der Waals surface area contributed by atoms with Gasteiger partial charge in [-0.2, -0.15) is 0 Å². The maximum Gasteiger partial charge on any atom is 0.349 e. The Morgan fingerprint density at radius 1 is 1.47 bits per heavy atom. The first-order valence-electron chi connectivity index (χ1n) is 5.85. The molecule has 108 valence electrons. The van der Waals surface area contributed by atoms with Crippen molar-refractivity contribution in [3.63, 3.8) is 0 Å². The molecule has 1 aromatic heterocycles. The summed E-state index contributed by atoms with van der Waals surface area (Å²) in [6.45, 7) is 7.15. The van der Waals surface area contributed by atoms with Gasteiger partial charge in [-0.3, -0.25) is 0 Å². The maximum absolute atomic E-state index is 12.4. The lowest BCUT2D eigenvalue weighted by Crippen LogP contribution is -2.43. The molecule has 5 nitrogen and oxygen atoms in total. The number of nitrogens with one attached hydrogen (secondary N) is 1. The van der Waals surface area contributed by atoms with Gasteiger partial charge in [-0.05, 0) is 38.1 Å². The molecule has 0 aliphatic heterocycles. The summed E-state index contributed by atoms with van der Waals surface area (Å²) in [6, 6.07) is 0. The maximum atomic E-state index is 12.4. The second-order valence-electron chi connectivity index (χ2n) is 4.91. The van der Waals surface area contributed by atoms with Crippen molar-refractivity contribution >= 4 is 27.3 Å². The Balaban J connectivity index is 3.29. The number of methoxy groups -OCH3 is 1. The lowest BCUT2D eigenvalue weighted by Gasteiger charge is -2.24. The largest absolute Gasteiger partial charge is 0.465 e. The molecule has 19 heavy (non-hydrogen) atoms. The molecule has 0 aliphatic carbocycles. The minimum absolute atomic E-state index is 0.0193. The smallest absolute Gasteiger partial charge is 0.349 e. The molecule has 1 aromatic rings. The van der Waals surface area contributed by atoms with E-state index in [0.29, 0.717) is 12.0 Å². The number of esters is 1. The van der Waals surface area contributed by atoms with Crippen molar-refractivity contribution in [1.82, 2.24) is 4.72 Å². The van der Waals surface area contributed by atoms with Crippen LogP contribution in [0.5, 0.6) is 0 Å². The second-order valence-corrected chi connectivity index (χ2v) is 7.41. The fraction of sp³-hybridized carbons (Fsp3) is 0.583. The Hall–Kier alpha value is -0.920. The molecule has 7 heteroatoms. The van der Waals surface area contributed by atoms with E-state index >= 15 is 0 Å². The summed E-state index contributed by atoms with van der Waals surface area (Å²) in [5.41, 5.74) is -0.0227. The summed E-state index contributed by atoms with van der Waals surface area (Å²) in [5, 5.41) is 1.64. The van der Waals surface area contributed by atoms with E-state index in [1.165, 1.54) is 7.11 Å². The number of hydrogen-bond acceptors (Lipinski definition) is 5. The summed E-state index contributed by atoms with van der Waals surface area (Å²) in [5.74, 6) is -0.632. The van der Waals surface area contributed by atoms with Crippen LogP contribution in [0.1, 0.15) is 42.4 Å². The third-order valence-corrected chi connectivity index (χ3v) is 5.94. The van der Waals surface area contributed by atoms with Crippen LogP contribution in [0.3, 0.4) is 0 Å². The number of sulfonamides is 1. The predicted octanol–water partition coefficient (Wildman–Crippen LogP) is 2.31. The number of thiophene rings is 1. The molecule has 0 spiro atoms. The van der Waals surface area contributed by atoms with Crippen molar-refractivity contribution in [3.05, 3.63) is 15.8 Å². The molecule has 1 heterocycles. The van der Waals surface area contributed by atoms with Gasteiger partial charge in [0.05, 0.1) is 7.11 Å². The van der Waals surface area contributed by atoms with Gasteiger partial charge in [0.2, 0.25) is 10.0 Å². The molecule has 0 saturated heterocycles. The third-order valence-electron chi connectivity index (χ3n) is 2.85. The number of ether oxygens (including phenoxy) is 1. The number of carbonyl (C=O) groups excluding carboxylic acids is 1. The van der Waals surface area contributed by atoms with Crippen LogP contribution >= 0.6 is 11.3 Å². The molecule has 0 aliphatic rings. The minimum Gasteiger partial charge on any atom is -0.465 e. The highest BCUT2D eigenvalue weighted by molar-refractivity contribution is 7.89. The molecule has 0 unspecified atom stereocenters. The highest BCUT2D eigenvalue weighted by Crippen LogP contribution is 2.28. The Kier molecular flexibility index (Phi) is 4.76. The van der Waals surface area contributed by atoms with Gasteiger partial charge in [-0.15, -0.1) is 11.3 Å². The predicted molar refractivity (Wildman–Crippen MR) is 75.1 cm³/mol. The fourth-order valence-electron chi connectivity index (χ4n) is 1.49. The van der Waals surface area contributed by atoms with Gasteiger partial charge in [0.1, 0.15) is 9.77 Å². The molecule has 1 N–H and O–H groups in total. The van der Waals surface area contributed by atoms with Crippen LogP contribution in [0.15, 0.2) is 10.3 Å². The van der Waals surface area contributed by atoms with E-state index in [1.54, 1.807) is 26.2 Å². The Labute approximate surface area is 118 Å². The van der Waals surface area contributed by atoms with Gasteiger partial charge in [-0.25, -0.2) is 17.9 Å². The molecular formula is C12H19NO4S2. The lowest BCUT2D eigenvalue weighted by atomic mass is 10.0. The molecule has 1 rings (SSSR count). The summed E-state index contributed by atoms with van der Waals surface area (Å²) in [6.07, 6.45) is 0.642. The molecule has 0 aromatic carbocycles. The number of aryl methyl sites for hydroxylation is 1. The normalized spacial score (nSPS) is 12.5. The van der Waals surface area contributed by atoms with E-state index in [-0.39, 0.29) is 9.77 Å². The van der Waals surface area contributed by atoms with Crippen LogP contribution in [0.2, 0.25) is 0 Å². The lowest BCUT2D eigenvalue weighted by molar-refractivity contribution is 0.0602. The first kappa shape index (κ1) is 16.1. The Bertz CT molecular complexity index is 573. The highest BCUT2D eigenvalue weighted by atomic mass is 32.2. The van der Waals surface area contributed by atoms with Gasteiger partial charge in [0.25, 0.3) is 0 Å². The van der Waals surface area contributed by atoms with Crippen LogP contribution in [0.25, 0.3) is 0 Å². The van der Waals surface area contributed by atoms with Crippen LogP contribution in [0.4, 0.5) is 0 Å². The van der Waals surface area contributed by atoms with Gasteiger partial charge in [0, 0.05) is 5.54 Å². The fourth-order valence-corrected chi connectivity index (χ4v) is 4.68. The first-order chi connectivity index (χ1) is 8.64. The molecule has 0 bridgehead atoms. The molecule has 0 saturated carbocycles. The zero-order valence-electron chi connectivity index (χ0n) is 11.7. The summed E-state index contributed by atoms with van der Waals surface area (Å²) in [4.78, 5) is 11.8. The highest BCUT2D eigenvalue weighted by Gasteiger charge is 2.31. The zero-order chi connectivity index (χ0) is 14.8. The quantitative estimate of drug-likeness (QED) is 0.847. The van der Waals surface area contributed by atoms with Crippen LogP contribution in [-0.2, 0) is 14.8 Å². The van der Waals surface area contributed by atoms with Gasteiger partial charge < -0.3 is 4.74 Å². The van der Waals surface area contributed by atoms with Crippen LogP contribution in [-0.4, -0.2) is 27.0 Å². The van der Waals surface area contributed by atoms with Crippen LogP contribution < -0.4 is 4.72 Å². The van der Waals surface area contributed by atoms with Gasteiger partial charge in [-0.1, -0.05) is 6.92 Å². The molecule has 0 radical (unpaired) electrons. The topological polar surface area (TPSA) is 72.5 Å². The molecular weight excluding hydrogens is 286 g/mol. The minimum atomic E-state index is -3.74. The zero-order valence-corrected chi connectivity index (χ0v) is 13.4. The molecule has 0 atom stereocenters. The number of rotatable bonds is 5. The van der Waals surface area contributed by atoms with E-state index in [9.17, 15) is 13.2 Å². The third kappa shape index (κ3) is 3.55. The van der Waals surface area contributed by atoms with Crippen molar-refractivity contribution in [2.45, 2.75) is 44.6 Å². The van der Waals surface area contributed by atoms with E-state index in [1.807, 2.05) is 6.92 Å². The first-order valence-corrected chi connectivity index (χ1v) is 8.21. The molecule has 0 amide bonds. The average molecular weight is 305 g/mol. The van der Waals surface area contributed by atoms with E-state index in [2.05, 4.69) is 9.46 Å². The van der Waals surface area contributed by atoms with E-state index < -0.39 is 21.5 Å². The van der Waals surface area contributed by atoms with Gasteiger partial charge >= 0.3 is 5.97 Å². The average Bonchev–Trinajstić information content (AvgIpc) is 2.69. The Morgan fingerprint density at radius 2 is 2.05 bits per heavy atom. The Morgan fingerprint density at radius 3 is 2.53 bits per heavy atom. The number of hydrogen-bond donors (Lipinski definition) is 1. The second kappa shape index (κ2) is 5.60. The van der Waals surface area contributed by atoms with Crippen molar-refractivity contribution in [2.75, 3.05) is 7.11 Å². The SMILES string of the molecule is CCC(C)(C)NS(=O)(=O)c1c(C)csc1C(=O)OC. The van der Waals surface area contributed by atoms with Crippen molar-refractivity contribution in [1.29, 1.82) is 0 Å². The standard InChI is InChI=1S/C12H19NO4S2/c1-6-12(3,4)13-19(15,16)10-8(2)7-18-9(10)11(14)17-5/h7,13H,6H2,1-5H3. The summed E-state index contributed by atoms with van der Waals surface area (Å²) < 4.78 is 32.1. The summed E-state index contributed by atoms with van der Waals surface area (Å²) >= 11 is 1.08. The van der Waals surface area contributed by atoms with Crippen molar-refractivity contribution in [2.24, 2.45) is 0 Å². The van der Waals surface area contributed by atoms with Crippen molar-refractivity contribution < 1.29 is 17.9 Å². The summed E-state index contributed by atoms with van der Waals surface area (Å²) in [7, 11) is -2.51. The number of carbonyl (C=O) groups is 1. The van der Waals surface area contributed by atoms with Crippen LogP contribution in [0, 0.1) is 6.92 Å². The van der Waals surface area contributed by atoms with E-state index in [0.717, 1.165) is 11.3 Å². The monoisotopic (exact) mass is 305 g/mol. The van der Waals surface area contributed by atoms with E-state index in [4.69, 9.17) is 0 Å². The van der Waals surface area contributed by atoms with Gasteiger partial charge in [0.15, 0.2) is 0 Å². The molecule has 0 fully saturated rings.